The van der Waals surface area contributed by atoms with Gasteiger partial charge in [-0.2, -0.15) is 15.0 Å². The molecular weight excluding hydrogens is 282 g/mol. The van der Waals surface area contributed by atoms with Crippen LogP contribution in [0.15, 0.2) is 0 Å². The first-order chi connectivity index (χ1) is 9.67. The summed E-state index contributed by atoms with van der Waals surface area (Å²) < 4.78 is 5.30. The van der Waals surface area contributed by atoms with Crippen molar-refractivity contribution in [3.05, 3.63) is 5.28 Å². The van der Waals surface area contributed by atoms with Crippen molar-refractivity contribution >= 4 is 23.5 Å². The average Bonchev–Trinajstić information content (AvgIpc) is 3.19. The van der Waals surface area contributed by atoms with Crippen molar-refractivity contribution in [3.63, 3.8) is 0 Å². The summed E-state index contributed by atoms with van der Waals surface area (Å²) in [6.45, 7) is 2.94. The Bertz CT molecular complexity index is 467. The van der Waals surface area contributed by atoms with Crippen LogP contribution in [0.3, 0.4) is 0 Å². The molecule has 1 amide bonds. The fraction of sp³-hybridized carbons (Fsp3) is 0.667. The van der Waals surface area contributed by atoms with Gasteiger partial charge < -0.3 is 15.4 Å². The van der Waals surface area contributed by atoms with Crippen LogP contribution in [0.4, 0.5) is 5.95 Å². The van der Waals surface area contributed by atoms with Crippen molar-refractivity contribution in [2.24, 2.45) is 0 Å². The number of ether oxygens (including phenoxy) is 1. The Morgan fingerprint density at radius 3 is 2.90 bits per heavy atom. The topological polar surface area (TPSA) is 89.0 Å². The summed E-state index contributed by atoms with van der Waals surface area (Å²) in [5.41, 5.74) is 0. The molecule has 7 nitrogen and oxygen atoms in total. The molecule has 0 unspecified atom stereocenters. The predicted molar refractivity (Wildman–Crippen MR) is 74.9 cm³/mol. The maximum absolute atomic E-state index is 11.5. The van der Waals surface area contributed by atoms with Gasteiger partial charge in [0.1, 0.15) is 0 Å². The lowest BCUT2D eigenvalue weighted by Gasteiger charge is -2.07. The minimum atomic E-state index is 0.0302. The normalized spacial score (nSPS) is 13.9. The van der Waals surface area contributed by atoms with Gasteiger partial charge in [0.2, 0.25) is 17.1 Å². The van der Waals surface area contributed by atoms with E-state index < -0.39 is 0 Å². The van der Waals surface area contributed by atoms with Crippen LogP contribution < -0.4 is 15.4 Å². The average molecular weight is 300 g/mol. The number of aromatic nitrogens is 3. The van der Waals surface area contributed by atoms with Gasteiger partial charge in [0.05, 0.1) is 6.61 Å². The lowest BCUT2D eigenvalue weighted by atomic mass is 10.4. The van der Waals surface area contributed by atoms with Crippen molar-refractivity contribution in [1.82, 2.24) is 20.3 Å². The molecule has 0 saturated heterocycles. The highest BCUT2D eigenvalue weighted by Gasteiger charge is 2.22. The Hall–Kier alpha value is -1.63. The van der Waals surface area contributed by atoms with E-state index in [0.29, 0.717) is 31.6 Å². The molecule has 1 aromatic rings. The second-order valence-corrected chi connectivity index (χ2v) is 4.92. The number of halogens is 1. The third-order valence-electron chi connectivity index (χ3n) is 2.60. The second kappa shape index (κ2) is 7.23. The zero-order chi connectivity index (χ0) is 14.4. The van der Waals surface area contributed by atoms with Crippen LogP contribution in [0.5, 0.6) is 6.01 Å². The van der Waals surface area contributed by atoms with Crippen LogP contribution in [-0.2, 0) is 4.79 Å². The van der Waals surface area contributed by atoms with Crippen LogP contribution in [0.1, 0.15) is 32.6 Å². The predicted octanol–water partition coefficient (Wildman–Crippen LogP) is 1.39. The molecule has 110 valence electrons. The number of hydrogen-bond acceptors (Lipinski definition) is 6. The van der Waals surface area contributed by atoms with E-state index in [0.717, 1.165) is 19.3 Å². The summed E-state index contributed by atoms with van der Waals surface area (Å²) in [7, 11) is 0. The molecule has 1 aromatic heterocycles. The minimum Gasteiger partial charge on any atom is -0.463 e. The van der Waals surface area contributed by atoms with Crippen LogP contribution in [0, 0.1) is 0 Å². The Kier molecular flexibility index (Phi) is 5.34. The molecule has 1 aliphatic carbocycles. The van der Waals surface area contributed by atoms with E-state index in [4.69, 9.17) is 16.3 Å². The summed E-state index contributed by atoms with van der Waals surface area (Å²) in [5.74, 6) is 0.345. The van der Waals surface area contributed by atoms with Gasteiger partial charge in [-0.05, 0) is 30.9 Å². The molecule has 0 aliphatic heterocycles. The quantitative estimate of drug-likeness (QED) is 0.754. The van der Waals surface area contributed by atoms with Crippen molar-refractivity contribution in [1.29, 1.82) is 0 Å². The van der Waals surface area contributed by atoms with Crippen molar-refractivity contribution in [3.8, 4) is 6.01 Å². The summed E-state index contributed by atoms with van der Waals surface area (Å²) >= 11 is 5.79. The highest BCUT2D eigenvalue weighted by Crippen LogP contribution is 2.18. The molecule has 20 heavy (non-hydrogen) atoms. The van der Waals surface area contributed by atoms with Gasteiger partial charge in [-0.15, -0.1) is 0 Å². The molecule has 0 atom stereocenters. The van der Waals surface area contributed by atoms with Crippen LogP contribution in [0.2, 0.25) is 5.28 Å². The van der Waals surface area contributed by atoms with E-state index in [1.807, 2.05) is 6.92 Å². The third-order valence-corrected chi connectivity index (χ3v) is 2.77. The summed E-state index contributed by atoms with van der Waals surface area (Å²) in [6.07, 6.45) is 3.39. The molecule has 1 aliphatic rings. The monoisotopic (exact) mass is 299 g/mol. The minimum absolute atomic E-state index is 0.0302. The van der Waals surface area contributed by atoms with Crippen LogP contribution in [-0.4, -0.2) is 40.1 Å². The largest absolute Gasteiger partial charge is 0.463 e. The standard InChI is InChI=1S/C12H18ClN5O2/c1-2-7-20-12-17-10(13)16-11(18-12)14-6-5-9(19)15-8-3-4-8/h8H,2-7H2,1H3,(H,15,19)(H,14,16,17,18). The first kappa shape index (κ1) is 14.8. The molecule has 0 aromatic carbocycles. The molecule has 8 heteroatoms. The SMILES string of the molecule is CCCOc1nc(Cl)nc(NCCC(=O)NC2CC2)n1. The number of carbonyl (C=O) groups is 1. The Labute approximate surface area is 122 Å². The van der Waals surface area contributed by atoms with E-state index in [1.165, 1.54) is 0 Å². The Morgan fingerprint density at radius 2 is 2.20 bits per heavy atom. The fourth-order valence-electron chi connectivity index (χ4n) is 1.48. The van der Waals surface area contributed by atoms with Crippen molar-refractivity contribution in [2.45, 2.75) is 38.6 Å². The van der Waals surface area contributed by atoms with Gasteiger partial charge in [0.25, 0.3) is 0 Å². The van der Waals surface area contributed by atoms with Crippen LogP contribution in [0.25, 0.3) is 0 Å². The zero-order valence-corrected chi connectivity index (χ0v) is 12.1. The van der Waals surface area contributed by atoms with Gasteiger partial charge >= 0.3 is 6.01 Å². The summed E-state index contributed by atoms with van der Waals surface area (Å²) in [6, 6.07) is 0.569. The van der Waals surface area contributed by atoms with E-state index in [2.05, 4.69) is 25.6 Å². The Balaban J connectivity index is 1.78. The van der Waals surface area contributed by atoms with Gasteiger partial charge in [-0.3, -0.25) is 4.79 Å². The lowest BCUT2D eigenvalue weighted by Crippen LogP contribution is -2.27. The first-order valence-electron chi connectivity index (χ1n) is 6.75. The molecule has 1 saturated carbocycles. The molecule has 0 bridgehead atoms. The second-order valence-electron chi connectivity index (χ2n) is 4.58. The number of nitrogens with one attached hydrogen (secondary N) is 2. The molecule has 2 N–H and O–H groups in total. The third kappa shape index (κ3) is 5.16. The van der Waals surface area contributed by atoms with Gasteiger partial charge in [-0.25, -0.2) is 0 Å². The highest BCUT2D eigenvalue weighted by atomic mass is 35.5. The number of carbonyl (C=O) groups excluding carboxylic acids is 1. The van der Waals surface area contributed by atoms with Gasteiger partial charge in [-0.1, -0.05) is 6.92 Å². The molecule has 1 heterocycles. The van der Waals surface area contributed by atoms with E-state index in [1.54, 1.807) is 0 Å². The number of rotatable bonds is 8. The fourth-order valence-corrected chi connectivity index (χ4v) is 1.64. The molecule has 2 rings (SSSR count). The van der Waals surface area contributed by atoms with Gasteiger partial charge in [0, 0.05) is 19.0 Å². The first-order valence-corrected chi connectivity index (χ1v) is 7.12. The number of hydrogen-bond donors (Lipinski definition) is 2. The number of amides is 1. The molecule has 0 spiro atoms. The maximum Gasteiger partial charge on any atom is 0.322 e. The lowest BCUT2D eigenvalue weighted by molar-refractivity contribution is -0.120. The summed E-state index contributed by atoms with van der Waals surface area (Å²) in [4.78, 5) is 23.4. The maximum atomic E-state index is 11.5. The highest BCUT2D eigenvalue weighted by molar-refractivity contribution is 6.28. The van der Waals surface area contributed by atoms with E-state index >= 15 is 0 Å². The molecular formula is C12H18ClN5O2. The zero-order valence-electron chi connectivity index (χ0n) is 11.4. The molecule has 1 fully saturated rings. The van der Waals surface area contributed by atoms with E-state index in [-0.39, 0.29) is 17.2 Å². The number of nitrogens with zero attached hydrogens (tertiary/aromatic N) is 3. The van der Waals surface area contributed by atoms with Crippen molar-refractivity contribution in [2.75, 3.05) is 18.5 Å². The van der Waals surface area contributed by atoms with E-state index in [9.17, 15) is 4.79 Å². The van der Waals surface area contributed by atoms with Crippen LogP contribution >= 0.6 is 11.6 Å². The Morgan fingerprint density at radius 1 is 1.40 bits per heavy atom. The number of anilines is 1. The molecule has 0 radical (unpaired) electrons. The smallest absolute Gasteiger partial charge is 0.322 e. The van der Waals surface area contributed by atoms with Crippen molar-refractivity contribution < 1.29 is 9.53 Å². The van der Waals surface area contributed by atoms with Gasteiger partial charge in [0.15, 0.2) is 0 Å². The summed E-state index contributed by atoms with van der Waals surface area (Å²) in [5, 5.41) is 5.91.